The highest BCUT2D eigenvalue weighted by molar-refractivity contribution is 5.66. The van der Waals surface area contributed by atoms with Crippen LogP contribution in [0.15, 0.2) is 4.52 Å². The molecule has 2 heterocycles. The van der Waals surface area contributed by atoms with Gasteiger partial charge in [0.1, 0.15) is 5.76 Å². The average Bonchev–Trinajstić information content (AvgIpc) is 2.91. The van der Waals surface area contributed by atoms with Crippen LogP contribution >= 0.6 is 0 Å². The van der Waals surface area contributed by atoms with E-state index in [1.807, 2.05) is 6.92 Å². The van der Waals surface area contributed by atoms with E-state index in [0.29, 0.717) is 6.54 Å². The van der Waals surface area contributed by atoms with E-state index in [1.54, 1.807) is 0 Å². The lowest BCUT2D eigenvalue weighted by molar-refractivity contribution is -0.137. The van der Waals surface area contributed by atoms with Crippen LogP contribution in [0.4, 0.5) is 0 Å². The van der Waals surface area contributed by atoms with Crippen LogP contribution < -0.4 is 0 Å². The van der Waals surface area contributed by atoms with Crippen molar-refractivity contribution in [3.05, 3.63) is 17.0 Å². The second-order valence-corrected chi connectivity index (χ2v) is 4.79. The minimum absolute atomic E-state index is 0.197. The molecule has 1 atom stereocenters. The number of aromatic nitrogens is 1. The van der Waals surface area contributed by atoms with Crippen LogP contribution in [0.3, 0.4) is 0 Å². The molecule has 1 aromatic heterocycles. The van der Waals surface area contributed by atoms with E-state index in [2.05, 4.69) is 17.0 Å². The van der Waals surface area contributed by atoms with Crippen molar-refractivity contribution in [2.75, 3.05) is 13.1 Å². The Morgan fingerprint density at radius 3 is 3.06 bits per heavy atom. The molecular formula is C13H20N2O3. The van der Waals surface area contributed by atoms with Gasteiger partial charge >= 0.3 is 5.97 Å². The molecule has 0 aromatic carbocycles. The first-order valence-corrected chi connectivity index (χ1v) is 6.54. The van der Waals surface area contributed by atoms with Gasteiger partial charge in [-0.05, 0) is 32.7 Å². The zero-order valence-electron chi connectivity index (χ0n) is 11.0. The molecule has 1 N–H and O–H groups in total. The fraction of sp³-hybridized carbons (Fsp3) is 0.692. The van der Waals surface area contributed by atoms with Crippen molar-refractivity contribution in [3.8, 4) is 0 Å². The highest BCUT2D eigenvalue weighted by Crippen LogP contribution is 2.35. The van der Waals surface area contributed by atoms with Crippen LogP contribution in [0.25, 0.3) is 0 Å². The van der Waals surface area contributed by atoms with E-state index in [-0.39, 0.29) is 12.5 Å². The number of aliphatic carboxylic acids is 1. The maximum atomic E-state index is 10.7. The Morgan fingerprint density at radius 1 is 1.61 bits per heavy atom. The van der Waals surface area contributed by atoms with Crippen LogP contribution in [-0.2, 0) is 11.2 Å². The zero-order valence-corrected chi connectivity index (χ0v) is 11.0. The normalized spacial score (nSPS) is 20.4. The number of nitrogens with zero attached hydrogens (tertiary/aromatic N) is 2. The molecule has 0 amide bonds. The third kappa shape index (κ3) is 2.56. The van der Waals surface area contributed by atoms with Crippen molar-refractivity contribution in [2.24, 2.45) is 0 Å². The summed E-state index contributed by atoms with van der Waals surface area (Å²) in [6.07, 6.45) is 3.23. The van der Waals surface area contributed by atoms with E-state index in [9.17, 15) is 4.79 Å². The first-order chi connectivity index (χ1) is 8.63. The van der Waals surface area contributed by atoms with Crippen LogP contribution in [0.5, 0.6) is 0 Å². The fourth-order valence-corrected chi connectivity index (χ4v) is 2.77. The van der Waals surface area contributed by atoms with Crippen molar-refractivity contribution in [1.29, 1.82) is 0 Å². The number of aryl methyl sites for hydroxylation is 2. The monoisotopic (exact) mass is 252 g/mol. The van der Waals surface area contributed by atoms with Gasteiger partial charge in [-0.2, -0.15) is 0 Å². The molecule has 1 unspecified atom stereocenters. The Kier molecular flexibility index (Phi) is 4.01. The number of hydrogen-bond donors (Lipinski definition) is 1. The lowest BCUT2D eigenvalue weighted by Gasteiger charge is -2.23. The number of rotatable bonds is 5. The molecule has 100 valence electrons. The number of hydrogen-bond acceptors (Lipinski definition) is 4. The van der Waals surface area contributed by atoms with Gasteiger partial charge in [-0.25, -0.2) is 0 Å². The Hall–Kier alpha value is -1.36. The van der Waals surface area contributed by atoms with Gasteiger partial charge < -0.3 is 9.63 Å². The first-order valence-electron chi connectivity index (χ1n) is 6.54. The second-order valence-electron chi connectivity index (χ2n) is 4.79. The molecule has 5 nitrogen and oxygen atoms in total. The van der Waals surface area contributed by atoms with E-state index in [0.717, 1.165) is 37.3 Å². The summed E-state index contributed by atoms with van der Waals surface area (Å²) in [5, 5.41) is 12.9. The SMILES string of the molecule is CCc1noc(C)c1C1CCCN1CCC(=O)O. The predicted octanol–water partition coefficient (Wildman–Crippen LogP) is 2.16. The molecule has 1 saturated heterocycles. The van der Waals surface area contributed by atoms with Crippen LogP contribution in [-0.4, -0.2) is 34.2 Å². The highest BCUT2D eigenvalue weighted by atomic mass is 16.5. The lowest BCUT2D eigenvalue weighted by Crippen LogP contribution is -2.26. The Morgan fingerprint density at radius 2 is 2.39 bits per heavy atom. The minimum atomic E-state index is -0.738. The standard InChI is InChI=1S/C13H20N2O3/c1-3-10-13(9(2)18-14-10)11-5-4-7-15(11)8-6-12(16)17/h11H,3-8H2,1-2H3,(H,16,17). The third-order valence-electron chi connectivity index (χ3n) is 3.63. The van der Waals surface area contributed by atoms with Crippen molar-refractivity contribution < 1.29 is 14.4 Å². The molecule has 0 bridgehead atoms. The van der Waals surface area contributed by atoms with Crippen molar-refractivity contribution >= 4 is 5.97 Å². The quantitative estimate of drug-likeness (QED) is 0.869. The maximum Gasteiger partial charge on any atom is 0.304 e. The van der Waals surface area contributed by atoms with Gasteiger partial charge in [-0.1, -0.05) is 12.1 Å². The van der Waals surface area contributed by atoms with Crippen LogP contribution in [0.1, 0.15) is 49.2 Å². The summed E-state index contributed by atoms with van der Waals surface area (Å²) in [6.45, 7) is 5.58. The van der Waals surface area contributed by atoms with Crippen LogP contribution in [0.2, 0.25) is 0 Å². The number of carboxylic acids is 1. The van der Waals surface area contributed by atoms with Crippen molar-refractivity contribution in [3.63, 3.8) is 0 Å². The summed E-state index contributed by atoms with van der Waals surface area (Å²) < 4.78 is 5.28. The fourth-order valence-electron chi connectivity index (χ4n) is 2.77. The molecule has 1 fully saturated rings. The van der Waals surface area contributed by atoms with E-state index in [4.69, 9.17) is 9.63 Å². The summed E-state index contributed by atoms with van der Waals surface area (Å²) in [6, 6.07) is 0.283. The van der Waals surface area contributed by atoms with Crippen molar-refractivity contribution in [2.45, 2.75) is 45.6 Å². The zero-order chi connectivity index (χ0) is 13.1. The largest absolute Gasteiger partial charge is 0.481 e. The molecular weight excluding hydrogens is 232 g/mol. The number of carboxylic acid groups (broad SMARTS) is 1. The van der Waals surface area contributed by atoms with E-state index < -0.39 is 5.97 Å². The van der Waals surface area contributed by atoms with Gasteiger partial charge in [-0.3, -0.25) is 9.69 Å². The summed E-state index contributed by atoms with van der Waals surface area (Å²) in [5.41, 5.74) is 2.19. The van der Waals surface area contributed by atoms with Gasteiger partial charge in [0.05, 0.1) is 12.1 Å². The minimum Gasteiger partial charge on any atom is -0.481 e. The molecule has 1 aromatic rings. The number of carbonyl (C=O) groups is 1. The lowest BCUT2D eigenvalue weighted by atomic mass is 10.0. The van der Waals surface area contributed by atoms with E-state index >= 15 is 0 Å². The molecule has 2 rings (SSSR count). The highest BCUT2D eigenvalue weighted by Gasteiger charge is 2.31. The van der Waals surface area contributed by atoms with Crippen molar-refractivity contribution in [1.82, 2.24) is 10.1 Å². The third-order valence-corrected chi connectivity index (χ3v) is 3.63. The Bertz CT molecular complexity index is 428. The van der Waals surface area contributed by atoms with Crippen LogP contribution in [0, 0.1) is 6.92 Å². The summed E-state index contributed by atoms with van der Waals surface area (Å²) in [7, 11) is 0. The summed E-state index contributed by atoms with van der Waals surface area (Å²) >= 11 is 0. The smallest absolute Gasteiger partial charge is 0.304 e. The molecule has 18 heavy (non-hydrogen) atoms. The van der Waals surface area contributed by atoms with Gasteiger partial charge in [0, 0.05) is 18.2 Å². The summed E-state index contributed by atoms with van der Waals surface area (Å²) in [5.74, 6) is 0.137. The number of likely N-dealkylation sites (tertiary alicyclic amines) is 1. The van der Waals surface area contributed by atoms with Gasteiger partial charge in [0.2, 0.25) is 0 Å². The van der Waals surface area contributed by atoms with Gasteiger partial charge in [0.25, 0.3) is 0 Å². The Labute approximate surface area is 107 Å². The van der Waals surface area contributed by atoms with Gasteiger partial charge in [-0.15, -0.1) is 0 Å². The maximum absolute atomic E-state index is 10.7. The second kappa shape index (κ2) is 5.52. The average molecular weight is 252 g/mol. The molecule has 1 aliphatic rings. The molecule has 0 spiro atoms. The topological polar surface area (TPSA) is 66.6 Å². The molecule has 0 aliphatic carbocycles. The van der Waals surface area contributed by atoms with Gasteiger partial charge in [0.15, 0.2) is 0 Å². The molecule has 0 radical (unpaired) electrons. The molecule has 1 aliphatic heterocycles. The molecule has 5 heteroatoms. The predicted molar refractivity (Wildman–Crippen MR) is 66.4 cm³/mol. The Balaban J connectivity index is 2.15. The first kappa shape index (κ1) is 13.1. The van der Waals surface area contributed by atoms with E-state index in [1.165, 1.54) is 5.56 Å². The summed E-state index contributed by atoms with van der Waals surface area (Å²) in [4.78, 5) is 12.9. The molecule has 0 saturated carbocycles.